The van der Waals surface area contributed by atoms with Crippen molar-refractivity contribution in [3.05, 3.63) is 101 Å². The van der Waals surface area contributed by atoms with Gasteiger partial charge in [-0.3, -0.25) is 14.5 Å². The van der Waals surface area contributed by atoms with Gasteiger partial charge in [-0.15, -0.1) is 0 Å². The molecule has 1 amide bonds. The molecule has 0 radical (unpaired) electrons. The minimum absolute atomic E-state index is 0.000736. The first-order chi connectivity index (χ1) is 15.8. The number of ketones is 1. The summed E-state index contributed by atoms with van der Waals surface area (Å²) in [5.74, 6) is -4.01. The van der Waals surface area contributed by atoms with Crippen LogP contribution in [0.2, 0.25) is 0 Å². The van der Waals surface area contributed by atoms with Gasteiger partial charge in [0.05, 0.1) is 17.7 Å². The Morgan fingerprint density at radius 3 is 2.33 bits per heavy atom. The van der Waals surface area contributed by atoms with Crippen LogP contribution in [0.4, 0.5) is 14.5 Å². The van der Waals surface area contributed by atoms with Gasteiger partial charge < -0.3 is 9.84 Å². The van der Waals surface area contributed by atoms with E-state index in [-0.39, 0.29) is 28.7 Å². The molecule has 7 heteroatoms. The van der Waals surface area contributed by atoms with E-state index in [1.54, 1.807) is 54.6 Å². The van der Waals surface area contributed by atoms with Gasteiger partial charge in [0, 0.05) is 17.3 Å². The molecule has 1 heterocycles. The van der Waals surface area contributed by atoms with Gasteiger partial charge >= 0.3 is 0 Å². The summed E-state index contributed by atoms with van der Waals surface area (Å²) in [5, 5.41) is 11.2. The predicted octanol–water partition coefficient (Wildman–Crippen LogP) is 5.38. The second-order valence-corrected chi connectivity index (χ2v) is 7.87. The number of rotatable bonds is 5. The van der Waals surface area contributed by atoms with Crippen LogP contribution in [0.25, 0.3) is 5.76 Å². The van der Waals surface area contributed by atoms with Crippen LogP contribution in [0, 0.1) is 11.6 Å². The fraction of sp³-hybridized carbons (Fsp3) is 0.154. The molecule has 0 bridgehead atoms. The molecule has 168 valence electrons. The molecule has 0 spiro atoms. The highest BCUT2D eigenvalue weighted by Crippen LogP contribution is 2.42. The van der Waals surface area contributed by atoms with E-state index in [0.717, 1.165) is 17.0 Å². The molecule has 5 nitrogen and oxygen atoms in total. The van der Waals surface area contributed by atoms with Gasteiger partial charge in [-0.2, -0.15) is 0 Å². The summed E-state index contributed by atoms with van der Waals surface area (Å²) in [6.45, 7) is 3.71. The van der Waals surface area contributed by atoms with Crippen molar-refractivity contribution in [3.8, 4) is 5.75 Å². The Labute approximate surface area is 189 Å². The lowest BCUT2D eigenvalue weighted by molar-refractivity contribution is -0.132. The number of anilines is 1. The molecular weight excluding hydrogens is 428 g/mol. The van der Waals surface area contributed by atoms with Crippen LogP contribution in [0.5, 0.6) is 5.75 Å². The lowest BCUT2D eigenvalue weighted by Gasteiger charge is -2.25. The van der Waals surface area contributed by atoms with Gasteiger partial charge in [0.2, 0.25) is 0 Å². The smallest absolute Gasteiger partial charge is 0.300 e. The third-order valence-corrected chi connectivity index (χ3v) is 5.22. The van der Waals surface area contributed by atoms with E-state index in [4.69, 9.17) is 4.74 Å². The third-order valence-electron chi connectivity index (χ3n) is 5.22. The molecule has 1 N–H and O–H groups in total. The fourth-order valence-corrected chi connectivity index (χ4v) is 3.83. The Kier molecular flexibility index (Phi) is 5.96. The maximum absolute atomic E-state index is 14.0. The van der Waals surface area contributed by atoms with Gasteiger partial charge in [-0.05, 0) is 43.7 Å². The van der Waals surface area contributed by atoms with Crippen molar-refractivity contribution in [3.63, 3.8) is 0 Å². The molecule has 1 fully saturated rings. The molecule has 0 aromatic heterocycles. The lowest BCUT2D eigenvalue weighted by Crippen LogP contribution is -2.29. The van der Waals surface area contributed by atoms with Crippen molar-refractivity contribution in [2.75, 3.05) is 4.90 Å². The van der Waals surface area contributed by atoms with Crippen molar-refractivity contribution in [1.82, 2.24) is 0 Å². The summed E-state index contributed by atoms with van der Waals surface area (Å²) in [5.41, 5.74) is 0.661. The monoisotopic (exact) mass is 449 g/mol. The maximum Gasteiger partial charge on any atom is 0.300 e. The number of hydrogen-bond acceptors (Lipinski definition) is 4. The minimum atomic E-state index is -1.15. The summed E-state index contributed by atoms with van der Waals surface area (Å²) >= 11 is 0. The highest BCUT2D eigenvalue weighted by atomic mass is 19.2. The summed E-state index contributed by atoms with van der Waals surface area (Å²) < 4.78 is 33.2. The van der Waals surface area contributed by atoms with Gasteiger partial charge in [0.25, 0.3) is 11.7 Å². The zero-order valence-corrected chi connectivity index (χ0v) is 18.0. The number of carbonyl (C=O) groups excluding carboxylic acids is 2. The van der Waals surface area contributed by atoms with Crippen LogP contribution in [-0.4, -0.2) is 22.9 Å². The van der Waals surface area contributed by atoms with Crippen molar-refractivity contribution < 1.29 is 28.2 Å². The number of halogens is 2. The Morgan fingerprint density at radius 2 is 1.67 bits per heavy atom. The first kappa shape index (κ1) is 22.2. The largest absolute Gasteiger partial charge is 0.507 e. The minimum Gasteiger partial charge on any atom is -0.507 e. The molecule has 1 atom stereocenters. The second-order valence-electron chi connectivity index (χ2n) is 7.87. The van der Waals surface area contributed by atoms with Crippen LogP contribution in [-0.2, 0) is 9.59 Å². The van der Waals surface area contributed by atoms with E-state index in [1.807, 2.05) is 13.8 Å². The third kappa shape index (κ3) is 4.22. The van der Waals surface area contributed by atoms with Crippen LogP contribution < -0.4 is 9.64 Å². The predicted molar refractivity (Wildman–Crippen MR) is 120 cm³/mol. The summed E-state index contributed by atoms with van der Waals surface area (Å²) in [6, 6.07) is 17.0. The summed E-state index contributed by atoms with van der Waals surface area (Å²) in [7, 11) is 0. The second kappa shape index (κ2) is 8.86. The van der Waals surface area contributed by atoms with Gasteiger partial charge in [0.1, 0.15) is 11.5 Å². The van der Waals surface area contributed by atoms with E-state index in [9.17, 15) is 23.5 Å². The van der Waals surface area contributed by atoms with Crippen LogP contribution >= 0.6 is 0 Å². The average molecular weight is 449 g/mol. The van der Waals surface area contributed by atoms with E-state index in [0.29, 0.717) is 11.3 Å². The number of aliphatic hydroxyl groups excluding tert-OH is 1. The molecule has 1 aliphatic heterocycles. The summed E-state index contributed by atoms with van der Waals surface area (Å²) in [6.07, 6.45) is -0.106. The number of ether oxygens (including phenoxy) is 1. The zero-order chi connectivity index (χ0) is 23.7. The maximum atomic E-state index is 14.0. The highest BCUT2D eigenvalue weighted by Gasteiger charge is 2.47. The number of Topliss-reactive ketones (excluding diaryl/α,β-unsaturated/α-hetero) is 1. The number of carbonyl (C=O) groups is 2. The lowest BCUT2D eigenvalue weighted by atomic mass is 9.95. The van der Waals surface area contributed by atoms with Crippen LogP contribution in [0.3, 0.4) is 0 Å². The molecule has 0 aliphatic carbocycles. The van der Waals surface area contributed by atoms with Gasteiger partial charge in [0.15, 0.2) is 11.6 Å². The highest BCUT2D eigenvalue weighted by molar-refractivity contribution is 6.51. The molecule has 33 heavy (non-hydrogen) atoms. The van der Waals surface area contributed by atoms with E-state index in [2.05, 4.69) is 0 Å². The standard InChI is InChI=1S/C26H21F2NO4/c1-15(2)33-19-10-6-9-17(13-19)24(30)22-23(16-7-4-3-5-8-16)29(26(32)25(22)31)18-11-12-20(27)21(28)14-18/h3-15,23,30H,1-2H3/b24-22+. The average Bonchev–Trinajstić information content (AvgIpc) is 3.06. The normalized spacial score (nSPS) is 17.6. The van der Waals surface area contributed by atoms with E-state index < -0.39 is 29.4 Å². The molecule has 0 saturated carbocycles. The Bertz CT molecular complexity index is 1250. The molecule has 1 saturated heterocycles. The van der Waals surface area contributed by atoms with Crippen LogP contribution in [0.1, 0.15) is 31.0 Å². The Balaban J connectivity index is 1.90. The Hall–Kier alpha value is -4.00. The van der Waals surface area contributed by atoms with Gasteiger partial charge in [-0.1, -0.05) is 42.5 Å². The number of amides is 1. The van der Waals surface area contributed by atoms with Crippen molar-refractivity contribution in [2.45, 2.75) is 26.0 Å². The SMILES string of the molecule is CC(C)Oc1cccc(/C(O)=C2\C(=O)C(=O)N(c3ccc(F)c(F)c3)C2c2ccccc2)c1. The molecule has 4 rings (SSSR count). The zero-order valence-electron chi connectivity index (χ0n) is 18.0. The quantitative estimate of drug-likeness (QED) is 0.323. The summed E-state index contributed by atoms with van der Waals surface area (Å²) in [4.78, 5) is 27.2. The first-order valence-corrected chi connectivity index (χ1v) is 10.4. The molecule has 3 aromatic rings. The van der Waals surface area contributed by atoms with Crippen molar-refractivity contribution >= 4 is 23.1 Å². The van der Waals surface area contributed by atoms with E-state index in [1.165, 1.54) is 6.07 Å². The topological polar surface area (TPSA) is 66.8 Å². The number of aliphatic hydroxyl groups is 1. The molecule has 1 aliphatic rings. The van der Waals surface area contributed by atoms with E-state index >= 15 is 0 Å². The molecular formula is C26H21F2NO4. The fourth-order valence-electron chi connectivity index (χ4n) is 3.83. The van der Waals surface area contributed by atoms with Crippen molar-refractivity contribution in [2.24, 2.45) is 0 Å². The molecule has 3 aromatic carbocycles. The molecule has 1 unspecified atom stereocenters. The number of nitrogens with zero attached hydrogens (tertiary/aromatic N) is 1. The van der Waals surface area contributed by atoms with Gasteiger partial charge in [-0.25, -0.2) is 8.78 Å². The van der Waals surface area contributed by atoms with Crippen LogP contribution in [0.15, 0.2) is 78.4 Å². The number of hydrogen-bond donors (Lipinski definition) is 1. The first-order valence-electron chi connectivity index (χ1n) is 10.4. The van der Waals surface area contributed by atoms with Crippen molar-refractivity contribution in [1.29, 1.82) is 0 Å². The Morgan fingerprint density at radius 1 is 0.939 bits per heavy atom. The number of benzene rings is 3.